The molecule has 3 atom stereocenters. The summed E-state index contributed by atoms with van der Waals surface area (Å²) >= 11 is 0. The highest BCUT2D eigenvalue weighted by Crippen LogP contribution is 2.24. The summed E-state index contributed by atoms with van der Waals surface area (Å²) < 4.78 is 11.5. The van der Waals surface area contributed by atoms with Crippen LogP contribution in [0.2, 0.25) is 0 Å². The van der Waals surface area contributed by atoms with Crippen LogP contribution in [0.3, 0.4) is 0 Å². The molecule has 110 valence electrons. The molecule has 1 fully saturated rings. The Morgan fingerprint density at radius 3 is 2.37 bits per heavy atom. The van der Waals surface area contributed by atoms with Crippen LogP contribution in [0.25, 0.3) is 0 Å². The number of rotatable bonds is 4. The van der Waals surface area contributed by atoms with E-state index in [9.17, 15) is 13.8 Å². The number of nitrogens with zero attached hydrogens (tertiary/aromatic N) is 1. The monoisotopic (exact) mass is 288 g/mol. The van der Waals surface area contributed by atoms with Crippen molar-refractivity contribution in [3.63, 3.8) is 0 Å². The zero-order valence-corrected chi connectivity index (χ0v) is 13.2. The lowest BCUT2D eigenvalue weighted by Gasteiger charge is -2.42. The smallest absolute Gasteiger partial charge is 0.246 e. The molecular weight excluding hydrogens is 264 g/mol. The Kier molecular flexibility index (Phi) is 5.12. The average molecular weight is 288 g/mol. The van der Waals surface area contributed by atoms with Crippen LogP contribution in [0.4, 0.5) is 0 Å². The van der Waals surface area contributed by atoms with E-state index < -0.39 is 22.9 Å². The lowest BCUT2D eigenvalue weighted by atomic mass is 9.84. The van der Waals surface area contributed by atoms with Crippen LogP contribution in [0.1, 0.15) is 34.6 Å². The minimum Gasteiger partial charge on any atom is -0.342 e. The second kappa shape index (κ2) is 6.03. The number of carbonyl (C=O) groups is 2. The molecule has 0 aromatic carbocycles. The molecule has 1 saturated heterocycles. The van der Waals surface area contributed by atoms with Crippen LogP contribution < -0.4 is 5.32 Å². The minimum atomic E-state index is -0.928. The fourth-order valence-corrected chi connectivity index (χ4v) is 2.75. The van der Waals surface area contributed by atoms with Gasteiger partial charge < -0.3 is 10.2 Å². The SMILES string of the molecule is CCS(=O)CCN1C(=O)C(C(C)(C)C)NC(=O)C1C. The third-order valence-corrected chi connectivity index (χ3v) is 4.69. The van der Waals surface area contributed by atoms with Gasteiger partial charge in [-0.1, -0.05) is 27.7 Å². The molecule has 0 saturated carbocycles. The van der Waals surface area contributed by atoms with Crippen molar-refractivity contribution in [2.75, 3.05) is 18.1 Å². The highest BCUT2D eigenvalue weighted by molar-refractivity contribution is 7.84. The predicted molar refractivity (Wildman–Crippen MR) is 76.1 cm³/mol. The number of piperazine rings is 1. The second-order valence-corrected chi connectivity index (χ2v) is 7.81. The zero-order chi connectivity index (χ0) is 14.8. The van der Waals surface area contributed by atoms with E-state index in [1.165, 1.54) is 0 Å². The molecule has 2 amide bonds. The van der Waals surface area contributed by atoms with E-state index in [0.717, 1.165) is 0 Å². The first kappa shape index (κ1) is 16.1. The number of hydrogen-bond donors (Lipinski definition) is 1. The van der Waals surface area contributed by atoms with Gasteiger partial charge in [0.25, 0.3) is 0 Å². The summed E-state index contributed by atoms with van der Waals surface area (Å²) in [7, 11) is -0.928. The lowest BCUT2D eigenvalue weighted by molar-refractivity contribution is -0.151. The number of nitrogens with one attached hydrogen (secondary N) is 1. The van der Waals surface area contributed by atoms with Gasteiger partial charge in [-0.05, 0) is 12.3 Å². The molecule has 0 aromatic heterocycles. The Morgan fingerprint density at radius 1 is 1.32 bits per heavy atom. The topological polar surface area (TPSA) is 66.5 Å². The van der Waals surface area contributed by atoms with Crippen molar-refractivity contribution in [3.05, 3.63) is 0 Å². The van der Waals surface area contributed by atoms with Crippen LogP contribution >= 0.6 is 0 Å². The Morgan fingerprint density at radius 2 is 1.89 bits per heavy atom. The first-order valence-electron chi connectivity index (χ1n) is 6.64. The lowest BCUT2D eigenvalue weighted by Crippen LogP contribution is -2.66. The standard InChI is InChI=1S/C13H24N2O3S/c1-6-19(18)8-7-15-9(2)11(16)14-10(12(15)17)13(3,4)5/h9-10H,6-8H2,1-5H3,(H,14,16). The number of amides is 2. The molecule has 1 N–H and O–H groups in total. The summed E-state index contributed by atoms with van der Waals surface area (Å²) in [4.78, 5) is 25.9. The van der Waals surface area contributed by atoms with Gasteiger partial charge in [0.15, 0.2) is 0 Å². The fourth-order valence-electron chi connectivity index (χ4n) is 2.06. The Bertz CT molecular complexity index is 390. The van der Waals surface area contributed by atoms with E-state index in [1.807, 2.05) is 27.7 Å². The molecule has 1 aliphatic rings. The Labute approximate surface area is 117 Å². The van der Waals surface area contributed by atoms with E-state index in [0.29, 0.717) is 18.1 Å². The summed E-state index contributed by atoms with van der Waals surface area (Å²) in [5.41, 5.74) is -0.324. The molecule has 0 radical (unpaired) electrons. The molecule has 19 heavy (non-hydrogen) atoms. The molecule has 0 aromatic rings. The van der Waals surface area contributed by atoms with Crippen molar-refractivity contribution in [2.45, 2.75) is 46.7 Å². The van der Waals surface area contributed by atoms with Gasteiger partial charge in [0.05, 0.1) is 0 Å². The molecule has 1 aliphatic heterocycles. The number of carbonyl (C=O) groups excluding carboxylic acids is 2. The maximum Gasteiger partial charge on any atom is 0.246 e. The normalized spacial score (nSPS) is 26.3. The van der Waals surface area contributed by atoms with Gasteiger partial charge in [-0.3, -0.25) is 13.8 Å². The van der Waals surface area contributed by atoms with Crippen LogP contribution in [0.15, 0.2) is 0 Å². The maximum atomic E-state index is 12.4. The molecule has 0 bridgehead atoms. The van der Waals surface area contributed by atoms with Crippen LogP contribution in [0, 0.1) is 5.41 Å². The van der Waals surface area contributed by atoms with Gasteiger partial charge in [0.1, 0.15) is 12.1 Å². The highest BCUT2D eigenvalue weighted by Gasteiger charge is 2.43. The summed E-state index contributed by atoms with van der Waals surface area (Å²) in [6, 6.07) is -0.994. The van der Waals surface area contributed by atoms with Crippen LogP contribution in [-0.4, -0.2) is 51.1 Å². The third kappa shape index (κ3) is 3.78. The Hall–Kier alpha value is -0.910. The molecule has 1 rings (SSSR count). The van der Waals surface area contributed by atoms with Gasteiger partial charge in [-0.15, -0.1) is 0 Å². The van der Waals surface area contributed by atoms with Gasteiger partial charge in [0, 0.05) is 28.9 Å². The summed E-state index contributed by atoms with van der Waals surface area (Å²) in [6.45, 7) is 9.71. The third-order valence-electron chi connectivity index (χ3n) is 3.41. The second-order valence-electron chi connectivity index (χ2n) is 5.95. The van der Waals surface area contributed by atoms with E-state index >= 15 is 0 Å². The zero-order valence-electron chi connectivity index (χ0n) is 12.4. The summed E-state index contributed by atoms with van der Waals surface area (Å²) in [5, 5.41) is 2.78. The molecule has 0 spiro atoms. The minimum absolute atomic E-state index is 0.0762. The van der Waals surface area contributed by atoms with Crippen molar-refractivity contribution < 1.29 is 13.8 Å². The largest absolute Gasteiger partial charge is 0.342 e. The van der Waals surface area contributed by atoms with Crippen molar-refractivity contribution in [1.82, 2.24) is 10.2 Å². The van der Waals surface area contributed by atoms with E-state index in [2.05, 4.69) is 5.32 Å². The summed E-state index contributed by atoms with van der Waals surface area (Å²) in [5.74, 6) is 0.789. The highest BCUT2D eigenvalue weighted by atomic mass is 32.2. The van der Waals surface area contributed by atoms with Crippen molar-refractivity contribution in [3.8, 4) is 0 Å². The van der Waals surface area contributed by atoms with Crippen LogP contribution in [0.5, 0.6) is 0 Å². The Balaban J connectivity index is 2.84. The van der Waals surface area contributed by atoms with Gasteiger partial charge in [0.2, 0.25) is 11.8 Å². The predicted octanol–water partition coefficient (Wildman–Crippen LogP) is 0.517. The van der Waals surface area contributed by atoms with Crippen molar-refractivity contribution in [1.29, 1.82) is 0 Å². The average Bonchev–Trinajstić information content (AvgIpc) is 2.31. The summed E-state index contributed by atoms with van der Waals surface area (Å²) in [6.07, 6.45) is 0. The molecule has 6 heteroatoms. The molecule has 1 heterocycles. The van der Waals surface area contributed by atoms with Gasteiger partial charge in [-0.25, -0.2) is 0 Å². The maximum absolute atomic E-state index is 12.4. The van der Waals surface area contributed by atoms with Crippen LogP contribution in [-0.2, 0) is 20.4 Å². The molecule has 3 unspecified atom stereocenters. The molecule has 5 nitrogen and oxygen atoms in total. The van der Waals surface area contributed by atoms with Gasteiger partial charge >= 0.3 is 0 Å². The van der Waals surface area contributed by atoms with Crippen molar-refractivity contribution in [2.24, 2.45) is 5.41 Å². The molecular formula is C13H24N2O3S. The van der Waals surface area contributed by atoms with Gasteiger partial charge in [-0.2, -0.15) is 0 Å². The molecule has 0 aliphatic carbocycles. The van der Waals surface area contributed by atoms with Crippen molar-refractivity contribution >= 4 is 22.6 Å². The first-order valence-corrected chi connectivity index (χ1v) is 8.13. The quantitative estimate of drug-likeness (QED) is 0.820. The van der Waals surface area contributed by atoms with E-state index in [-0.39, 0.29) is 17.2 Å². The van der Waals surface area contributed by atoms with E-state index in [1.54, 1.807) is 11.8 Å². The number of hydrogen-bond acceptors (Lipinski definition) is 3. The van der Waals surface area contributed by atoms with E-state index in [4.69, 9.17) is 0 Å². The fraction of sp³-hybridized carbons (Fsp3) is 0.846. The first-order chi connectivity index (χ1) is 8.68.